The van der Waals surface area contributed by atoms with E-state index in [0.29, 0.717) is 11.5 Å². The maximum Gasteiger partial charge on any atom is 0.0537 e. The lowest BCUT2D eigenvalue weighted by molar-refractivity contribution is 0.152. The van der Waals surface area contributed by atoms with Crippen LogP contribution in [0.4, 0.5) is 0 Å². The van der Waals surface area contributed by atoms with Crippen molar-refractivity contribution in [2.45, 2.75) is 52.6 Å². The van der Waals surface area contributed by atoms with Gasteiger partial charge in [0.1, 0.15) is 0 Å². The Balaban J connectivity index is 1.85. The van der Waals surface area contributed by atoms with Crippen molar-refractivity contribution < 1.29 is 0 Å². The van der Waals surface area contributed by atoms with Crippen molar-refractivity contribution in [2.24, 2.45) is 5.41 Å². The predicted octanol–water partition coefficient (Wildman–Crippen LogP) is 2.74. The molecule has 1 N–H and O–H groups in total. The van der Waals surface area contributed by atoms with E-state index in [1.807, 2.05) is 10.9 Å². The van der Waals surface area contributed by atoms with Gasteiger partial charge in [-0.05, 0) is 32.1 Å². The third-order valence-corrected chi connectivity index (χ3v) is 3.87. The SMILES string of the molecule is CCn1cc(C(C)NCC2(C)CCC2)cn1. The first kappa shape index (κ1) is 11.6. The van der Waals surface area contributed by atoms with Crippen molar-refractivity contribution in [2.75, 3.05) is 6.54 Å². The Morgan fingerprint density at radius 1 is 1.56 bits per heavy atom. The highest BCUT2D eigenvalue weighted by Crippen LogP contribution is 2.39. The topological polar surface area (TPSA) is 29.9 Å². The van der Waals surface area contributed by atoms with Crippen LogP contribution in [-0.2, 0) is 6.54 Å². The molecule has 1 saturated carbocycles. The first-order chi connectivity index (χ1) is 7.63. The maximum absolute atomic E-state index is 4.31. The minimum atomic E-state index is 0.415. The molecule has 2 rings (SSSR count). The van der Waals surface area contributed by atoms with Crippen LogP contribution in [0, 0.1) is 5.41 Å². The molecule has 0 amide bonds. The summed E-state index contributed by atoms with van der Waals surface area (Å²) in [5.41, 5.74) is 1.85. The molecule has 0 spiro atoms. The number of hydrogen-bond donors (Lipinski definition) is 1. The highest BCUT2D eigenvalue weighted by atomic mass is 15.3. The first-order valence-electron chi connectivity index (χ1n) is 6.39. The van der Waals surface area contributed by atoms with Crippen LogP contribution in [0.1, 0.15) is 51.6 Å². The molecule has 3 nitrogen and oxygen atoms in total. The molecule has 1 heterocycles. The summed E-state index contributed by atoms with van der Waals surface area (Å²) in [4.78, 5) is 0. The van der Waals surface area contributed by atoms with Gasteiger partial charge < -0.3 is 5.32 Å². The minimum absolute atomic E-state index is 0.415. The fourth-order valence-corrected chi connectivity index (χ4v) is 2.25. The molecule has 1 unspecified atom stereocenters. The van der Waals surface area contributed by atoms with Crippen LogP contribution in [0.5, 0.6) is 0 Å². The predicted molar refractivity (Wildman–Crippen MR) is 66.3 cm³/mol. The molecule has 1 aromatic heterocycles. The van der Waals surface area contributed by atoms with Crippen molar-refractivity contribution in [3.8, 4) is 0 Å². The van der Waals surface area contributed by atoms with Crippen molar-refractivity contribution >= 4 is 0 Å². The summed E-state index contributed by atoms with van der Waals surface area (Å²) < 4.78 is 1.98. The highest BCUT2D eigenvalue weighted by Gasteiger charge is 2.31. The van der Waals surface area contributed by atoms with E-state index in [4.69, 9.17) is 0 Å². The van der Waals surface area contributed by atoms with Crippen LogP contribution in [0.2, 0.25) is 0 Å². The van der Waals surface area contributed by atoms with E-state index >= 15 is 0 Å². The van der Waals surface area contributed by atoms with E-state index in [-0.39, 0.29) is 0 Å². The second-order valence-corrected chi connectivity index (χ2v) is 5.40. The van der Waals surface area contributed by atoms with E-state index < -0.39 is 0 Å². The van der Waals surface area contributed by atoms with Gasteiger partial charge in [0.25, 0.3) is 0 Å². The summed E-state index contributed by atoms with van der Waals surface area (Å²) >= 11 is 0. The van der Waals surface area contributed by atoms with Crippen LogP contribution >= 0.6 is 0 Å². The lowest BCUT2D eigenvalue weighted by Gasteiger charge is -2.39. The van der Waals surface area contributed by atoms with E-state index in [1.165, 1.54) is 24.8 Å². The van der Waals surface area contributed by atoms with Gasteiger partial charge in [0.2, 0.25) is 0 Å². The van der Waals surface area contributed by atoms with Gasteiger partial charge in [-0.3, -0.25) is 4.68 Å². The fourth-order valence-electron chi connectivity index (χ4n) is 2.25. The average Bonchev–Trinajstić information content (AvgIpc) is 2.71. The molecule has 0 radical (unpaired) electrons. The molecule has 1 aliphatic carbocycles. The maximum atomic E-state index is 4.31. The summed E-state index contributed by atoms with van der Waals surface area (Å²) in [6.45, 7) is 8.80. The van der Waals surface area contributed by atoms with E-state index in [1.54, 1.807) is 0 Å². The fraction of sp³-hybridized carbons (Fsp3) is 0.769. The van der Waals surface area contributed by atoms with Crippen LogP contribution in [-0.4, -0.2) is 16.3 Å². The largest absolute Gasteiger partial charge is 0.310 e. The van der Waals surface area contributed by atoms with Crippen LogP contribution in [0.15, 0.2) is 12.4 Å². The first-order valence-corrected chi connectivity index (χ1v) is 6.39. The molecule has 0 aliphatic heterocycles. The van der Waals surface area contributed by atoms with Crippen molar-refractivity contribution in [1.29, 1.82) is 0 Å². The molecular weight excluding hydrogens is 198 g/mol. The Kier molecular flexibility index (Phi) is 3.33. The summed E-state index contributed by atoms with van der Waals surface area (Å²) in [5.74, 6) is 0. The Bertz CT molecular complexity index is 339. The molecule has 1 atom stereocenters. The summed E-state index contributed by atoms with van der Waals surface area (Å²) in [6.07, 6.45) is 8.27. The third kappa shape index (κ3) is 2.46. The molecule has 16 heavy (non-hydrogen) atoms. The molecule has 1 fully saturated rings. The van der Waals surface area contributed by atoms with E-state index in [9.17, 15) is 0 Å². The van der Waals surface area contributed by atoms with Gasteiger partial charge in [-0.2, -0.15) is 5.10 Å². The Morgan fingerprint density at radius 3 is 2.81 bits per heavy atom. The van der Waals surface area contributed by atoms with E-state index in [2.05, 4.69) is 37.4 Å². The molecule has 0 aromatic carbocycles. The van der Waals surface area contributed by atoms with Gasteiger partial charge in [-0.25, -0.2) is 0 Å². The normalized spacial score (nSPS) is 20.4. The Hall–Kier alpha value is -0.830. The monoisotopic (exact) mass is 221 g/mol. The number of aromatic nitrogens is 2. The Labute approximate surface area is 98.2 Å². The van der Waals surface area contributed by atoms with Crippen molar-refractivity contribution in [1.82, 2.24) is 15.1 Å². The summed E-state index contributed by atoms with van der Waals surface area (Å²) in [7, 11) is 0. The standard InChI is InChI=1S/C13H23N3/c1-4-16-9-12(8-15-16)11(2)14-10-13(3)6-5-7-13/h8-9,11,14H,4-7,10H2,1-3H3. The zero-order chi connectivity index (χ0) is 11.6. The van der Waals surface area contributed by atoms with Crippen LogP contribution < -0.4 is 5.32 Å². The van der Waals surface area contributed by atoms with Gasteiger partial charge in [0, 0.05) is 30.9 Å². The minimum Gasteiger partial charge on any atom is -0.310 e. The zero-order valence-corrected chi connectivity index (χ0v) is 10.7. The second kappa shape index (κ2) is 4.58. The number of nitrogens with zero attached hydrogens (tertiary/aromatic N) is 2. The summed E-state index contributed by atoms with van der Waals surface area (Å²) in [6, 6.07) is 0.415. The molecular formula is C13H23N3. The lowest BCUT2D eigenvalue weighted by atomic mass is 9.70. The van der Waals surface area contributed by atoms with Gasteiger partial charge in [0.05, 0.1) is 6.20 Å². The quantitative estimate of drug-likeness (QED) is 0.828. The number of aryl methyl sites for hydroxylation is 1. The molecule has 0 saturated heterocycles. The second-order valence-electron chi connectivity index (χ2n) is 5.40. The average molecular weight is 221 g/mol. The summed E-state index contributed by atoms with van der Waals surface area (Å²) in [5, 5.41) is 7.94. The number of nitrogens with one attached hydrogen (secondary N) is 1. The van der Waals surface area contributed by atoms with Crippen LogP contribution in [0.25, 0.3) is 0 Å². The molecule has 1 aliphatic rings. The van der Waals surface area contributed by atoms with Crippen molar-refractivity contribution in [3.63, 3.8) is 0 Å². The van der Waals surface area contributed by atoms with E-state index in [0.717, 1.165) is 13.1 Å². The molecule has 90 valence electrons. The third-order valence-electron chi connectivity index (χ3n) is 3.87. The molecule has 1 aromatic rings. The molecule has 0 bridgehead atoms. The van der Waals surface area contributed by atoms with Gasteiger partial charge in [-0.15, -0.1) is 0 Å². The molecule has 3 heteroatoms. The van der Waals surface area contributed by atoms with Gasteiger partial charge >= 0.3 is 0 Å². The lowest BCUT2D eigenvalue weighted by Crippen LogP contribution is -2.38. The van der Waals surface area contributed by atoms with Gasteiger partial charge in [0.15, 0.2) is 0 Å². The number of rotatable bonds is 5. The smallest absolute Gasteiger partial charge is 0.0537 e. The van der Waals surface area contributed by atoms with Crippen molar-refractivity contribution in [3.05, 3.63) is 18.0 Å². The highest BCUT2D eigenvalue weighted by molar-refractivity contribution is 5.09. The van der Waals surface area contributed by atoms with Gasteiger partial charge in [-0.1, -0.05) is 13.3 Å². The Morgan fingerprint density at radius 2 is 2.31 bits per heavy atom. The zero-order valence-electron chi connectivity index (χ0n) is 10.7. The van der Waals surface area contributed by atoms with Crippen LogP contribution in [0.3, 0.4) is 0 Å². The number of hydrogen-bond acceptors (Lipinski definition) is 2.